The molecule has 2 aliphatic heterocycles. The van der Waals surface area contributed by atoms with Crippen molar-refractivity contribution in [1.29, 1.82) is 0 Å². The zero-order valence-corrected chi connectivity index (χ0v) is 17.4. The van der Waals surface area contributed by atoms with E-state index >= 15 is 0 Å². The Bertz CT molecular complexity index is 971. The normalized spacial score (nSPS) is 20.4. The van der Waals surface area contributed by atoms with Gasteiger partial charge in [0.1, 0.15) is 17.6 Å². The molecular weight excluding hydrogens is 413 g/mol. The maximum absolute atomic E-state index is 14.0. The number of morpholine rings is 1. The molecule has 0 aliphatic carbocycles. The minimum absolute atomic E-state index is 0.0272. The van der Waals surface area contributed by atoms with Gasteiger partial charge in [0.2, 0.25) is 5.95 Å². The SMILES string of the molecule is COc1ccc(C(C)N2c3nc(N4CCOCC4)cc(=O)n3CC[C@H]2C(F)(F)F)cc1. The van der Waals surface area contributed by atoms with Crippen LogP contribution in [0.5, 0.6) is 5.75 Å². The second-order valence-corrected chi connectivity index (χ2v) is 7.71. The zero-order valence-electron chi connectivity index (χ0n) is 17.4. The highest BCUT2D eigenvalue weighted by atomic mass is 19.4. The molecule has 0 bridgehead atoms. The average Bonchev–Trinajstić information content (AvgIpc) is 2.78. The van der Waals surface area contributed by atoms with Gasteiger partial charge in [0, 0.05) is 25.7 Å². The summed E-state index contributed by atoms with van der Waals surface area (Å²) in [6.07, 6.45) is -4.67. The quantitative estimate of drug-likeness (QED) is 0.732. The van der Waals surface area contributed by atoms with Gasteiger partial charge in [-0.05, 0) is 31.0 Å². The van der Waals surface area contributed by atoms with Gasteiger partial charge in [-0.1, -0.05) is 12.1 Å². The van der Waals surface area contributed by atoms with E-state index in [1.54, 1.807) is 31.2 Å². The first-order valence-electron chi connectivity index (χ1n) is 10.2. The summed E-state index contributed by atoms with van der Waals surface area (Å²) < 4.78 is 53.9. The van der Waals surface area contributed by atoms with E-state index in [9.17, 15) is 18.0 Å². The van der Waals surface area contributed by atoms with Crippen molar-refractivity contribution < 1.29 is 22.6 Å². The molecule has 1 aromatic carbocycles. The Morgan fingerprint density at radius 2 is 1.84 bits per heavy atom. The highest BCUT2D eigenvalue weighted by Gasteiger charge is 2.48. The number of anilines is 2. The van der Waals surface area contributed by atoms with E-state index in [0.717, 1.165) is 0 Å². The molecule has 4 rings (SSSR count). The van der Waals surface area contributed by atoms with E-state index < -0.39 is 18.3 Å². The van der Waals surface area contributed by atoms with Crippen LogP contribution in [-0.2, 0) is 11.3 Å². The van der Waals surface area contributed by atoms with Gasteiger partial charge in [-0.2, -0.15) is 18.2 Å². The zero-order chi connectivity index (χ0) is 22.2. The molecule has 2 aromatic rings. The van der Waals surface area contributed by atoms with E-state index in [-0.39, 0.29) is 24.5 Å². The molecule has 0 amide bonds. The lowest BCUT2D eigenvalue weighted by Gasteiger charge is -2.43. The van der Waals surface area contributed by atoms with Gasteiger partial charge in [-0.25, -0.2) is 0 Å². The fraction of sp³-hybridized carbons (Fsp3) is 0.524. The lowest BCUT2D eigenvalue weighted by molar-refractivity contribution is -0.154. The van der Waals surface area contributed by atoms with Gasteiger partial charge in [-0.15, -0.1) is 0 Å². The van der Waals surface area contributed by atoms with Crippen LogP contribution in [0.2, 0.25) is 0 Å². The minimum atomic E-state index is -4.46. The van der Waals surface area contributed by atoms with Crippen molar-refractivity contribution in [2.45, 2.75) is 38.1 Å². The fourth-order valence-electron chi connectivity index (χ4n) is 4.18. The molecule has 31 heavy (non-hydrogen) atoms. The van der Waals surface area contributed by atoms with E-state index in [0.29, 0.717) is 43.4 Å². The molecule has 0 saturated carbocycles. The molecule has 0 N–H and O–H groups in total. The maximum atomic E-state index is 14.0. The molecule has 1 unspecified atom stereocenters. The van der Waals surface area contributed by atoms with Gasteiger partial charge in [0.15, 0.2) is 0 Å². The third kappa shape index (κ3) is 4.21. The summed E-state index contributed by atoms with van der Waals surface area (Å²) in [5.41, 5.74) is 0.327. The third-order valence-corrected chi connectivity index (χ3v) is 5.90. The van der Waals surface area contributed by atoms with Gasteiger partial charge in [-0.3, -0.25) is 9.36 Å². The van der Waals surface area contributed by atoms with Crippen LogP contribution >= 0.6 is 0 Å². The monoisotopic (exact) mass is 438 g/mol. The predicted octanol–water partition coefficient (Wildman–Crippen LogP) is 2.99. The predicted molar refractivity (Wildman–Crippen MR) is 110 cm³/mol. The Morgan fingerprint density at radius 1 is 1.16 bits per heavy atom. The number of ether oxygens (including phenoxy) is 2. The number of rotatable bonds is 4. The standard InChI is InChI=1S/C21H25F3N4O3/c1-14(15-3-5-16(30-2)6-4-15)28-17(21(22,23)24)7-8-27-19(29)13-18(25-20(27)28)26-9-11-31-12-10-26/h3-6,13-14,17H,7-12H2,1-2H3/t14?,17-/m0/s1. The fourth-order valence-corrected chi connectivity index (χ4v) is 4.18. The van der Waals surface area contributed by atoms with E-state index in [2.05, 4.69) is 4.98 Å². The van der Waals surface area contributed by atoms with Crippen molar-refractivity contribution in [2.24, 2.45) is 0 Å². The Kier molecular flexibility index (Phi) is 5.83. The summed E-state index contributed by atoms with van der Waals surface area (Å²) in [7, 11) is 1.53. The summed E-state index contributed by atoms with van der Waals surface area (Å²) >= 11 is 0. The molecular formula is C21H25F3N4O3. The van der Waals surface area contributed by atoms with E-state index in [4.69, 9.17) is 9.47 Å². The van der Waals surface area contributed by atoms with Crippen LogP contribution in [0.1, 0.15) is 24.9 Å². The smallest absolute Gasteiger partial charge is 0.408 e. The van der Waals surface area contributed by atoms with Gasteiger partial charge < -0.3 is 19.3 Å². The molecule has 2 aliphatic rings. The van der Waals surface area contributed by atoms with E-state index in [1.165, 1.54) is 22.6 Å². The Hall–Kier alpha value is -2.75. The third-order valence-electron chi connectivity index (χ3n) is 5.90. The number of alkyl halides is 3. The first kappa shape index (κ1) is 21.5. The van der Waals surface area contributed by atoms with Gasteiger partial charge in [0.25, 0.3) is 5.56 Å². The molecule has 1 fully saturated rings. The molecule has 7 nitrogen and oxygen atoms in total. The number of hydrogen-bond acceptors (Lipinski definition) is 6. The van der Waals surface area contributed by atoms with Crippen LogP contribution in [0.3, 0.4) is 0 Å². The highest BCUT2D eigenvalue weighted by Crippen LogP contribution is 2.39. The Balaban J connectivity index is 1.80. The molecule has 10 heteroatoms. The summed E-state index contributed by atoms with van der Waals surface area (Å²) in [4.78, 5) is 20.5. The molecule has 1 saturated heterocycles. The van der Waals surface area contributed by atoms with Crippen molar-refractivity contribution in [3.63, 3.8) is 0 Å². The van der Waals surface area contributed by atoms with Crippen LogP contribution in [0.15, 0.2) is 35.1 Å². The number of halogens is 3. The molecule has 1 aromatic heterocycles. The van der Waals surface area contributed by atoms with Crippen LogP contribution in [-0.4, -0.2) is 55.2 Å². The highest BCUT2D eigenvalue weighted by molar-refractivity contribution is 5.49. The number of fused-ring (bicyclic) bond motifs is 1. The Morgan fingerprint density at radius 3 is 2.45 bits per heavy atom. The average molecular weight is 438 g/mol. The Labute approximate surface area is 178 Å². The number of aromatic nitrogens is 2. The van der Waals surface area contributed by atoms with Crippen molar-refractivity contribution >= 4 is 11.8 Å². The minimum Gasteiger partial charge on any atom is -0.497 e. The van der Waals surface area contributed by atoms with Crippen molar-refractivity contribution in [2.75, 3.05) is 43.2 Å². The second kappa shape index (κ2) is 8.41. The largest absolute Gasteiger partial charge is 0.497 e. The molecule has 0 spiro atoms. The first-order valence-corrected chi connectivity index (χ1v) is 10.2. The van der Waals surface area contributed by atoms with Crippen LogP contribution in [0, 0.1) is 0 Å². The maximum Gasteiger partial charge on any atom is 0.408 e. The van der Waals surface area contributed by atoms with Crippen LogP contribution in [0.25, 0.3) is 0 Å². The van der Waals surface area contributed by atoms with E-state index in [1.807, 2.05) is 4.90 Å². The first-order chi connectivity index (χ1) is 14.8. The summed E-state index contributed by atoms with van der Waals surface area (Å²) in [5.74, 6) is 1.05. The summed E-state index contributed by atoms with van der Waals surface area (Å²) in [5, 5.41) is 0. The van der Waals surface area contributed by atoms with Crippen molar-refractivity contribution in [3.05, 3.63) is 46.2 Å². The lowest BCUT2D eigenvalue weighted by Crippen LogP contribution is -2.53. The number of methoxy groups -OCH3 is 1. The second-order valence-electron chi connectivity index (χ2n) is 7.71. The molecule has 0 radical (unpaired) electrons. The molecule has 168 valence electrons. The summed E-state index contributed by atoms with van der Waals surface area (Å²) in [6.45, 7) is 3.71. The molecule has 3 heterocycles. The van der Waals surface area contributed by atoms with Crippen LogP contribution < -0.4 is 20.1 Å². The summed E-state index contributed by atoms with van der Waals surface area (Å²) in [6, 6.07) is 5.90. The molecule has 2 atom stereocenters. The lowest BCUT2D eigenvalue weighted by atomic mass is 10.0. The van der Waals surface area contributed by atoms with Crippen LogP contribution in [0.4, 0.5) is 24.9 Å². The van der Waals surface area contributed by atoms with Crippen molar-refractivity contribution in [3.8, 4) is 5.75 Å². The number of benzene rings is 1. The number of hydrogen-bond donors (Lipinski definition) is 0. The van der Waals surface area contributed by atoms with Gasteiger partial charge in [0.05, 0.1) is 26.4 Å². The van der Waals surface area contributed by atoms with Gasteiger partial charge >= 0.3 is 6.18 Å². The topological polar surface area (TPSA) is 59.8 Å². The number of nitrogens with zero attached hydrogens (tertiary/aromatic N) is 4. The van der Waals surface area contributed by atoms with Crippen molar-refractivity contribution in [1.82, 2.24) is 9.55 Å².